The van der Waals surface area contributed by atoms with E-state index in [9.17, 15) is 4.79 Å². The van der Waals surface area contributed by atoms with E-state index in [0.29, 0.717) is 11.4 Å². The highest BCUT2D eigenvalue weighted by molar-refractivity contribution is 7.09. The van der Waals surface area contributed by atoms with Crippen molar-refractivity contribution in [2.24, 2.45) is 0 Å². The largest absolute Gasteiger partial charge is 0.319 e. The lowest BCUT2D eigenvalue weighted by Crippen LogP contribution is -2.12. The van der Waals surface area contributed by atoms with Gasteiger partial charge in [0.25, 0.3) is 5.91 Å². The Morgan fingerprint density at radius 2 is 2.30 bits per heavy atom. The minimum absolute atomic E-state index is 0.230. The SMILES string of the molecule is Cc1nc(C(=O)Nc2ccc(-n3ccnc3)nc2)cs1. The Hall–Kier alpha value is -2.54. The first kappa shape index (κ1) is 12.5. The normalized spacial score (nSPS) is 10.4. The van der Waals surface area contributed by atoms with Crippen LogP contribution in [-0.4, -0.2) is 25.4 Å². The first-order valence-corrected chi connectivity index (χ1v) is 6.78. The van der Waals surface area contributed by atoms with Crippen molar-refractivity contribution in [2.75, 3.05) is 5.32 Å². The molecule has 100 valence electrons. The highest BCUT2D eigenvalue weighted by atomic mass is 32.1. The van der Waals surface area contributed by atoms with Crippen LogP contribution in [0.15, 0.2) is 42.4 Å². The van der Waals surface area contributed by atoms with Crippen molar-refractivity contribution in [3.05, 3.63) is 53.1 Å². The number of nitrogens with zero attached hydrogens (tertiary/aromatic N) is 4. The Labute approximate surface area is 119 Å². The molecule has 0 spiro atoms. The average molecular weight is 285 g/mol. The fourth-order valence-corrected chi connectivity index (χ4v) is 2.26. The minimum Gasteiger partial charge on any atom is -0.319 e. The third kappa shape index (κ3) is 2.57. The summed E-state index contributed by atoms with van der Waals surface area (Å²) >= 11 is 1.45. The van der Waals surface area contributed by atoms with Crippen molar-refractivity contribution >= 4 is 22.9 Å². The van der Waals surface area contributed by atoms with Gasteiger partial charge in [-0.3, -0.25) is 9.36 Å². The molecule has 6 nitrogen and oxygen atoms in total. The molecule has 0 fully saturated rings. The van der Waals surface area contributed by atoms with E-state index < -0.39 is 0 Å². The summed E-state index contributed by atoms with van der Waals surface area (Å²) in [6.45, 7) is 1.86. The molecule has 0 atom stereocenters. The van der Waals surface area contributed by atoms with Gasteiger partial charge in [-0.1, -0.05) is 0 Å². The first-order chi connectivity index (χ1) is 9.72. The number of pyridine rings is 1. The van der Waals surface area contributed by atoms with E-state index in [1.165, 1.54) is 11.3 Å². The molecule has 3 rings (SSSR count). The third-order valence-corrected chi connectivity index (χ3v) is 3.40. The van der Waals surface area contributed by atoms with E-state index in [0.717, 1.165) is 10.8 Å². The number of hydrogen-bond donors (Lipinski definition) is 1. The summed E-state index contributed by atoms with van der Waals surface area (Å²) in [5, 5.41) is 5.36. The van der Waals surface area contributed by atoms with Crippen LogP contribution in [-0.2, 0) is 0 Å². The summed E-state index contributed by atoms with van der Waals surface area (Å²) in [6, 6.07) is 3.60. The van der Waals surface area contributed by atoms with E-state index in [1.54, 1.807) is 40.9 Å². The smallest absolute Gasteiger partial charge is 0.275 e. The van der Waals surface area contributed by atoms with Crippen LogP contribution in [0.5, 0.6) is 0 Å². The Balaban J connectivity index is 1.74. The van der Waals surface area contributed by atoms with E-state index in [1.807, 2.05) is 13.0 Å². The number of carbonyl (C=O) groups is 1. The van der Waals surface area contributed by atoms with Crippen molar-refractivity contribution in [2.45, 2.75) is 6.92 Å². The highest BCUT2D eigenvalue weighted by Crippen LogP contribution is 2.13. The summed E-state index contributed by atoms with van der Waals surface area (Å²) in [7, 11) is 0. The third-order valence-electron chi connectivity index (χ3n) is 2.63. The Morgan fingerprint density at radius 3 is 2.90 bits per heavy atom. The number of anilines is 1. The number of aromatic nitrogens is 4. The molecule has 0 aromatic carbocycles. The highest BCUT2D eigenvalue weighted by Gasteiger charge is 2.09. The maximum Gasteiger partial charge on any atom is 0.275 e. The minimum atomic E-state index is -0.230. The van der Waals surface area contributed by atoms with E-state index in [2.05, 4.69) is 20.3 Å². The molecular formula is C13H11N5OS. The maximum atomic E-state index is 11.9. The van der Waals surface area contributed by atoms with Gasteiger partial charge in [-0.25, -0.2) is 15.0 Å². The molecule has 1 N–H and O–H groups in total. The second-order valence-corrected chi connectivity index (χ2v) is 5.14. The van der Waals surface area contributed by atoms with Crippen molar-refractivity contribution < 1.29 is 4.79 Å². The van der Waals surface area contributed by atoms with Gasteiger partial charge in [-0.2, -0.15) is 0 Å². The van der Waals surface area contributed by atoms with Crippen LogP contribution in [0.2, 0.25) is 0 Å². The molecule has 0 aliphatic carbocycles. The van der Waals surface area contributed by atoms with Gasteiger partial charge in [-0.15, -0.1) is 11.3 Å². The second kappa shape index (κ2) is 5.22. The molecule has 0 saturated heterocycles. The summed E-state index contributed by atoms with van der Waals surface area (Å²) < 4.78 is 1.79. The van der Waals surface area contributed by atoms with Gasteiger partial charge in [0.05, 0.1) is 16.9 Å². The van der Waals surface area contributed by atoms with Crippen LogP contribution in [0.3, 0.4) is 0 Å². The molecule has 0 bridgehead atoms. The number of carbonyl (C=O) groups excluding carboxylic acids is 1. The van der Waals surface area contributed by atoms with Gasteiger partial charge in [0, 0.05) is 17.8 Å². The standard InChI is InChI=1S/C13H11N5OS/c1-9-16-11(7-20-9)13(19)17-10-2-3-12(15-6-10)18-5-4-14-8-18/h2-8H,1H3,(H,17,19). The van der Waals surface area contributed by atoms with Crippen LogP contribution < -0.4 is 5.32 Å². The topological polar surface area (TPSA) is 72.7 Å². The average Bonchev–Trinajstić information content (AvgIpc) is 3.10. The molecule has 0 saturated carbocycles. The second-order valence-electron chi connectivity index (χ2n) is 4.08. The molecule has 3 aromatic heterocycles. The Bertz CT molecular complexity index is 718. The van der Waals surface area contributed by atoms with Crippen LogP contribution in [0.4, 0.5) is 5.69 Å². The zero-order valence-electron chi connectivity index (χ0n) is 10.6. The number of amides is 1. The summed E-state index contributed by atoms with van der Waals surface area (Å²) in [5.41, 5.74) is 1.05. The number of aryl methyl sites for hydroxylation is 1. The lowest BCUT2D eigenvalue weighted by Gasteiger charge is -2.04. The monoisotopic (exact) mass is 285 g/mol. The van der Waals surface area contributed by atoms with Crippen LogP contribution in [0.1, 0.15) is 15.5 Å². The summed E-state index contributed by atoms with van der Waals surface area (Å²) in [6.07, 6.45) is 6.76. The number of hydrogen-bond acceptors (Lipinski definition) is 5. The predicted molar refractivity (Wildman–Crippen MR) is 76.2 cm³/mol. The van der Waals surface area contributed by atoms with Gasteiger partial charge in [0.1, 0.15) is 17.8 Å². The Kier molecular flexibility index (Phi) is 3.26. The number of thiazole rings is 1. The van der Waals surface area contributed by atoms with Gasteiger partial charge >= 0.3 is 0 Å². The molecule has 20 heavy (non-hydrogen) atoms. The van der Waals surface area contributed by atoms with Crippen molar-refractivity contribution in [3.8, 4) is 5.82 Å². The number of rotatable bonds is 3. The lowest BCUT2D eigenvalue weighted by atomic mass is 10.3. The molecule has 0 aliphatic rings. The molecule has 3 heterocycles. The zero-order valence-corrected chi connectivity index (χ0v) is 11.5. The number of nitrogens with one attached hydrogen (secondary N) is 1. The van der Waals surface area contributed by atoms with Gasteiger partial charge < -0.3 is 5.32 Å². The summed E-state index contributed by atoms with van der Waals surface area (Å²) in [4.78, 5) is 24.3. The van der Waals surface area contributed by atoms with Crippen LogP contribution in [0, 0.1) is 6.92 Å². The Morgan fingerprint density at radius 1 is 1.40 bits per heavy atom. The van der Waals surface area contributed by atoms with Crippen LogP contribution >= 0.6 is 11.3 Å². The van der Waals surface area contributed by atoms with Crippen molar-refractivity contribution in [1.29, 1.82) is 0 Å². The molecule has 3 aromatic rings. The van der Waals surface area contributed by atoms with Gasteiger partial charge in [0.15, 0.2) is 0 Å². The first-order valence-electron chi connectivity index (χ1n) is 5.90. The predicted octanol–water partition coefficient (Wildman–Crippen LogP) is 2.28. The van der Waals surface area contributed by atoms with Crippen molar-refractivity contribution in [1.82, 2.24) is 19.5 Å². The van der Waals surface area contributed by atoms with E-state index in [-0.39, 0.29) is 5.91 Å². The molecule has 0 radical (unpaired) electrons. The quantitative estimate of drug-likeness (QED) is 0.801. The summed E-state index contributed by atoms with van der Waals surface area (Å²) in [5.74, 6) is 0.511. The molecule has 1 amide bonds. The fraction of sp³-hybridized carbons (Fsp3) is 0.0769. The van der Waals surface area contributed by atoms with E-state index >= 15 is 0 Å². The van der Waals surface area contributed by atoms with Crippen molar-refractivity contribution in [3.63, 3.8) is 0 Å². The number of imidazole rings is 1. The zero-order chi connectivity index (χ0) is 13.9. The molecule has 0 unspecified atom stereocenters. The van der Waals surface area contributed by atoms with Gasteiger partial charge in [0.2, 0.25) is 0 Å². The molecule has 7 heteroatoms. The van der Waals surface area contributed by atoms with Crippen LogP contribution in [0.25, 0.3) is 5.82 Å². The van der Waals surface area contributed by atoms with Gasteiger partial charge in [-0.05, 0) is 19.1 Å². The maximum absolute atomic E-state index is 11.9. The van der Waals surface area contributed by atoms with E-state index in [4.69, 9.17) is 0 Å². The fourth-order valence-electron chi connectivity index (χ4n) is 1.67. The molecular weight excluding hydrogens is 274 g/mol. The molecule has 0 aliphatic heterocycles. The lowest BCUT2D eigenvalue weighted by molar-refractivity contribution is 0.102.